The van der Waals surface area contributed by atoms with Gasteiger partial charge in [-0.2, -0.15) is 18.4 Å². The third-order valence-corrected chi connectivity index (χ3v) is 5.04. The van der Waals surface area contributed by atoms with Gasteiger partial charge in [-0.3, -0.25) is 0 Å². The molecule has 0 fully saturated rings. The van der Waals surface area contributed by atoms with E-state index < -0.39 is 28.4 Å². The van der Waals surface area contributed by atoms with E-state index in [9.17, 15) is 18.4 Å². The van der Waals surface area contributed by atoms with E-state index in [1.165, 1.54) is 0 Å². The van der Waals surface area contributed by atoms with Crippen molar-refractivity contribution in [1.82, 2.24) is 0 Å². The van der Waals surface area contributed by atoms with Gasteiger partial charge in [0.25, 0.3) is 0 Å². The molecule has 0 spiro atoms. The zero-order valence-electron chi connectivity index (χ0n) is 16.4. The minimum atomic E-state index is -4.59. The van der Waals surface area contributed by atoms with Gasteiger partial charge in [-0.05, 0) is 58.2 Å². The number of hydrogen-bond acceptors (Lipinski definition) is 1. The van der Waals surface area contributed by atoms with Crippen LogP contribution in [0.3, 0.4) is 0 Å². The van der Waals surface area contributed by atoms with E-state index in [0.717, 1.165) is 12.1 Å². The highest BCUT2D eigenvalue weighted by atomic mass is 35.5. The quantitative estimate of drug-likeness (QED) is 0.490. The van der Waals surface area contributed by atoms with Crippen molar-refractivity contribution >= 4 is 11.6 Å². The number of nitriles is 1. The first-order valence-electron chi connectivity index (χ1n) is 8.77. The average molecular weight is 412 g/mol. The molecule has 0 aromatic heterocycles. The lowest BCUT2D eigenvalue weighted by molar-refractivity contribution is -0.137. The Balaban J connectivity index is 2.68. The second-order valence-electron chi connectivity index (χ2n) is 8.58. The Labute approximate surface area is 167 Å². The Morgan fingerprint density at radius 3 is 2.14 bits per heavy atom. The van der Waals surface area contributed by atoms with Gasteiger partial charge in [0.05, 0.1) is 17.2 Å². The van der Waals surface area contributed by atoms with Crippen LogP contribution in [0.2, 0.25) is 5.02 Å². The van der Waals surface area contributed by atoms with Gasteiger partial charge < -0.3 is 0 Å². The molecule has 28 heavy (non-hydrogen) atoms. The van der Waals surface area contributed by atoms with E-state index in [1.807, 2.05) is 0 Å². The molecule has 0 saturated carbocycles. The summed E-state index contributed by atoms with van der Waals surface area (Å²) in [6.45, 7) is 8.49. The molecular weight excluding hydrogens is 390 g/mol. The summed E-state index contributed by atoms with van der Waals surface area (Å²) in [4.78, 5) is 0. The fraction of sp³-hybridized carbons (Fsp3) is 0.409. The summed E-state index contributed by atoms with van der Waals surface area (Å²) in [6, 6.07) is 8.62. The summed E-state index contributed by atoms with van der Waals surface area (Å²) in [6.07, 6.45) is -4.63. The molecule has 0 unspecified atom stereocenters. The van der Waals surface area contributed by atoms with E-state index in [0.29, 0.717) is 16.1 Å². The molecule has 1 nitrogen and oxygen atoms in total. The molecule has 0 atom stereocenters. The summed E-state index contributed by atoms with van der Waals surface area (Å²) >= 11 is 6.28. The lowest BCUT2D eigenvalue weighted by Crippen LogP contribution is -2.25. The van der Waals surface area contributed by atoms with Gasteiger partial charge in [0.1, 0.15) is 5.82 Å². The zero-order valence-corrected chi connectivity index (χ0v) is 17.2. The van der Waals surface area contributed by atoms with E-state index in [-0.39, 0.29) is 17.5 Å². The molecule has 2 aromatic carbocycles. The molecule has 0 saturated heterocycles. The topological polar surface area (TPSA) is 23.8 Å². The highest BCUT2D eigenvalue weighted by molar-refractivity contribution is 6.31. The lowest BCUT2D eigenvalue weighted by Gasteiger charge is -2.30. The van der Waals surface area contributed by atoms with Crippen LogP contribution in [-0.4, -0.2) is 0 Å². The van der Waals surface area contributed by atoms with Crippen LogP contribution in [0.5, 0.6) is 0 Å². The van der Waals surface area contributed by atoms with Gasteiger partial charge in [0.15, 0.2) is 0 Å². The van der Waals surface area contributed by atoms with Gasteiger partial charge in [-0.15, -0.1) is 0 Å². The van der Waals surface area contributed by atoms with Gasteiger partial charge in [0, 0.05) is 5.02 Å². The number of alkyl halides is 3. The molecular formula is C22H22ClF4N. The highest BCUT2D eigenvalue weighted by Crippen LogP contribution is 2.40. The molecule has 0 amide bonds. The smallest absolute Gasteiger partial charge is 0.206 e. The van der Waals surface area contributed by atoms with E-state index in [4.69, 9.17) is 11.6 Å². The number of rotatable bonds is 3. The summed E-state index contributed by atoms with van der Waals surface area (Å²) in [5.74, 6) is -0.654. The summed E-state index contributed by atoms with van der Waals surface area (Å²) in [7, 11) is 0. The Bertz CT molecular complexity index is 931. The van der Waals surface area contributed by atoms with Crippen LogP contribution in [0.1, 0.15) is 62.4 Å². The third kappa shape index (κ3) is 4.50. The fourth-order valence-corrected chi connectivity index (χ4v) is 3.82. The molecule has 0 aliphatic heterocycles. The predicted molar refractivity (Wildman–Crippen MR) is 103 cm³/mol. The molecule has 2 aromatic rings. The van der Waals surface area contributed by atoms with Crippen molar-refractivity contribution < 1.29 is 17.6 Å². The molecule has 2 rings (SSSR count). The van der Waals surface area contributed by atoms with Crippen LogP contribution in [0, 0.1) is 17.1 Å². The van der Waals surface area contributed by atoms with Crippen molar-refractivity contribution in [3.63, 3.8) is 0 Å². The average Bonchev–Trinajstić information content (AvgIpc) is 2.53. The molecule has 150 valence electrons. The first-order valence-corrected chi connectivity index (χ1v) is 9.15. The molecule has 0 radical (unpaired) electrons. The SMILES string of the molecule is CC(C)(C)c1cc(C(F)(F)F)cc(CC(C)(C)c2c(Cl)cccc2C#N)c1F. The standard InChI is InChI=1S/C22H22ClF4N/c1-20(2,3)16-10-15(22(25,26)27)9-14(19(16)24)11-21(4,5)18-13(12-28)7-6-8-17(18)23/h6-10H,11H2,1-5H3. The highest BCUT2D eigenvalue weighted by Gasteiger charge is 2.36. The molecule has 0 bridgehead atoms. The zero-order chi connectivity index (χ0) is 21.5. The van der Waals surface area contributed by atoms with Crippen LogP contribution in [0.15, 0.2) is 30.3 Å². The molecule has 0 aliphatic rings. The molecule has 0 N–H and O–H groups in total. The van der Waals surface area contributed by atoms with Crippen molar-refractivity contribution in [3.8, 4) is 6.07 Å². The first kappa shape index (κ1) is 22.2. The number of nitrogens with zero attached hydrogens (tertiary/aromatic N) is 1. The van der Waals surface area contributed by atoms with Gasteiger partial charge in [0.2, 0.25) is 0 Å². The minimum Gasteiger partial charge on any atom is -0.206 e. The maximum atomic E-state index is 15.2. The molecule has 0 heterocycles. The Morgan fingerprint density at radius 2 is 1.64 bits per heavy atom. The Morgan fingerprint density at radius 1 is 1.04 bits per heavy atom. The van der Waals surface area contributed by atoms with Crippen LogP contribution < -0.4 is 0 Å². The Hall–Kier alpha value is -2.06. The maximum absolute atomic E-state index is 15.2. The summed E-state index contributed by atoms with van der Waals surface area (Å²) < 4.78 is 55.5. The van der Waals surface area contributed by atoms with E-state index >= 15 is 4.39 Å². The summed E-state index contributed by atoms with van der Waals surface area (Å²) in [5.41, 5.74) is -1.77. The largest absolute Gasteiger partial charge is 0.416 e. The molecule has 0 aliphatic carbocycles. The molecule has 6 heteroatoms. The van der Waals surface area contributed by atoms with Crippen LogP contribution in [0.4, 0.5) is 17.6 Å². The van der Waals surface area contributed by atoms with E-state index in [2.05, 4.69) is 6.07 Å². The van der Waals surface area contributed by atoms with Crippen molar-refractivity contribution in [2.24, 2.45) is 0 Å². The summed E-state index contributed by atoms with van der Waals surface area (Å²) in [5, 5.41) is 9.72. The number of hydrogen-bond donors (Lipinski definition) is 0. The minimum absolute atomic E-state index is 0.00721. The van der Waals surface area contributed by atoms with Crippen LogP contribution >= 0.6 is 11.6 Å². The van der Waals surface area contributed by atoms with Crippen molar-refractivity contribution in [2.45, 2.75) is 58.0 Å². The van der Waals surface area contributed by atoms with Gasteiger partial charge in [-0.1, -0.05) is 52.3 Å². The van der Waals surface area contributed by atoms with Gasteiger partial charge >= 0.3 is 6.18 Å². The van der Waals surface area contributed by atoms with Crippen molar-refractivity contribution in [1.29, 1.82) is 5.26 Å². The lowest BCUT2D eigenvalue weighted by atomic mass is 9.75. The first-order chi connectivity index (χ1) is 12.7. The second kappa shape index (κ2) is 7.40. The number of benzene rings is 2. The Kier molecular flexibility index (Phi) is 5.88. The third-order valence-electron chi connectivity index (χ3n) is 4.73. The number of halogens is 5. The van der Waals surface area contributed by atoms with E-state index in [1.54, 1.807) is 52.8 Å². The van der Waals surface area contributed by atoms with Crippen LogP contribution in [0.25, 0.3) is 0 Å². The van der Waals surface area contributed by atoms with Crippen molar-refractivity contribution in [2.75, 3.05) is 0 Å². The maximum Gasteiger partial charge on any atom is 0.416 e. The van der Waals surface area contributed by atoms with Crippen LogP contribution in [-0.2, 0) is 23.4 Å². The van der Waals surface area contributed by atoms with Crippen molar-refractivity contribution in [3.05, 3.63) is 69.0 Å². The monoisotopic (exact) mass is 411 g/mol. The van der Waals surface area contributed by atoms with Gasteiger partial charge in [-0.25, -0.2) is 4.39 Å². The fourth-order valence-electron chi connectivity index (χ4n) is 3.39. The normalized spacial score (nSPS) is 12.8. The second-order valence-corrected chi connectivity index (χ2v) is 8.99. The predicted octanol–water partition coefficient (Wildman–Crippen LogP) is 7.19.